The first-order chi connectivity index (χ1) is 7.27. The van der Waals surface area contributed by atoms with Crippen molar-refractivity contribution in [2.45, 2.75) is 19.3 Å². The highest BCUT2D eigenvalue weighted by Crippen LogP contribution is 2.41. The molecule has 2 rings (SSSR count). The molecule has 0 atom stereocenters. The number of aromatic amines is 1. The summed E-state index contributed by atoms with van der Waals surface area (Å²) in [5, 5.41) is 6.01. The summed E-state index contributed by atoms with van der Waals surface area (Å²) in [5.74, 6) is 0.910. The van der Waals surface area contributed by atoms with E-state index in [-0.39, 0.29) is 11.3 Å². The molecule has 82 valence electrons. The molecule has 15 heavy (non-hydrogen) atoms. The lowest BCUT2D eigenvalue weighted by atomic mass is 9.68. The summed E-state index contributed by atoms with van der Waals surface area (Å²) in [6, 6.07) is 3.74. The molecular formula is C11H17N3O. The largest absolute Gasteiger partial charge is 0.348 e. The summed E-state index contributed by atoms with van der Waals surface area (Å²) >= 11 is 0. The molecule has 0 spiro atoms. The molecule has 1 fully saturated rings. The van der Waals surface area contributed by atoms with Gasteiger partial charge in [0.05, 0.1) is 5.41 Å². The van der Waals surface area contributed by atoms with Crippen LogP contribution < -0.4 is 10.6 Å². The molecule has 1 saturated carbocycles. The third kappa shape index (κ3) is 1.90. The molecule has 4 heteroatoms. The SMILES string of the molecule is CNCC1(C(=O)Nc2ccc[nH]2)CCC1. The summed E-state index contributed by atoms with van der Waals surface area (Å²) in [7, 11) is 1.89. The van der Waals surface area contributed by atoms with Gasteiger partial charge in [0, 0.05) is 12.7 Å². The number of hydrogen-bond acceptors (Lipinski definition) is 2. The van der Waals surface area contributed by atoms with Gasteiger partial charge in [0.25, 0.3) is 0 Å². The van der Waals surface area contributed by atoms with Crippen LogP contribution in [0.15, 0.2) is 18.3 Å². The monoisotopic (exact) mass is 207 g/mol. The number of nitrogens with one attached hydrogen (secondary N) is 3. The number of carbonyl (C=O) groups is 1. The van der Waals surface area contributed by atoms with Gasteiger partial charge in [-0.1, -0.05) is 6.42 Å². The first-order valence-electron chi connectivity index (χ1n) is 5.36. The van der Waals surface area contributed by atoms with Crippen LogP contribution in [-0.2, 0) is 4.79 Å². The van der Waals surface area contributed by atoms with Crippen LogP contribution in [0.5, 0.6) is 0 Å². The summed E-state index contributed by atoms with van der Waals surface area (Å²) in [5.41, 5.74) is -0.181. The van der Waals surface area contributed by atoms with Gasteiger partial charge in [-0.25, -0.2) is 0 Å². The minimum absolute atomic E-state index is 0.130. The maximum atomic E-state index is 12.0. The van der Waals surface area contributed by atoms with E-state index < -0.39 is 0 Å². The highest BCUT2D eigenvalue weighted by atomic mass is 16.2. The van der Waals surface area contributed by atoms with Gasteiger partial charge in [0.2, 0.25) is 5.91 Å². The summed E-state index contributed by atoms with van der Waals surface area (Å²) in [6.45, 7) is 0.763. The quantitative estimate of drug-likeness (QED) is 0.698. The highest BCUT2D eigenvalue weighted by molar-refractivity contribution is 5.95. The van der Waals surface area contributed by atoms with Crippen molar-refractivity contribution in [1.82, 2.24) is 10.3 Å². The Kier molecular flexibility index (Phi) is 2.77. The first kappa shape index (κ1) is 10.2. The normalized spacial score (nSPS) is 18.2. The third-order valence-electron chi connectivity index (χ3n) is 3.15. The van der Waals surface area contributed by atoms with Crippen LogP contribution in [0, 0.1) is 5.41 Å². The first-order valence-corrected chi connectivity index (χ1v) is 5.36. The lowest BCUT2D eigenvalue weighted by molar-refractivity contribution is -0.129. The van der Waals surface area contributed by atoms with Gasteiger partial charge >= 0.3 is 0 Å². The van der Waals surface area contributed by atoms with Gasteiger partial charge in [-0.3, -0.25) is 4.79 Å². The topological polar surface area (TPSA) is 56.9 Å². The number of rotatable bonds is 4. The van der Waals surface area contributed by atoms with Crippen molar-refractivity contribution in [2.75, 3.05) is 18.9 Å². The summed E-state index contributed by atoms with van der Waals surface area (Å²) in [6.07, 6.45) is 4.93. The lowest BCUT2D eigenvalue weighted by Crippen LogP contribution is -2.48. The fourth-order valence-electron chi connectivity index (χ4n) is 2.09. The van der Waals surface area contributed by atoms with Crippen LogP contribution >= 0.6 is 0 Å². The van der Waals surface area contributed by atoms with Crippen molar-refractivity contribution in [3.63, 3.8) is 0 Å². The standard InChI is InChI=1S/C11H17N3O/c1-12-8-11(5-3-6-11)10(15)14-9-4-2-7-13-9/h2,4,7,12-13H,3,5-6,8H2,1H3,(H,14,15). The van der Waals surface area contributed by atoms with Crippen LogP contribution in [0.3, 0.4) is 0 Å². The Morgan fingerprint density at radius 2 is 2.40 bits per heavy atom. The molecular weight excluding hydrogens is 190 g/mol. The smallest absolute Gasteiger partial charge is 0.232 e. The predicted octanol–water partition coefficient (Wildman–Crippen LogP) is 1.34. The number of H-pyrrole nitrogens is 1. The van der Waals surface area contributed by atoms with Crippen LogP contribution in [-0.4, -0.2) is 24.5 Å². The van der Waals surface area contributed by atoms with E-state index in [4.69, 9.17) is 0 Å². The molecule has 1 aliphatic carbocycles. The van der Waals surface area contributed by atoms with Crippen molar-refractivity contribution in [3.05, 3.63) is 18.3 Å². The predicted molar refractivity (Wildman–Crippen MR) is 59.6 cm³/mol. The maximum Gasteiger partial charge on any atom is 0.232 e. The average molecular weight is 207 g/mol. The molecule has 3 N–H and O–H groups in total. The van der Waals surface area contributed by atoms with Crippen LogP contribution in [0.25, 0.3) is 0 Å². The van der Waals surface area contributed by atoms with Crippen molar-refractivity contribution >= 4 is 11.7 Å². The number of hydrogen-bond donors (Lipinski definition) is 3. The maximum absolute atomic E-state index is 12.0. The zero-order chi connectivity index (χ0) is 10.7. The lowest BCUT2D eigenvalue weighted by Gasteiger charge is -2.39. The van der Waals surface area contributed by atoms with Crippen molar-refractivity contribution in [3.8, 4) is 0 Å². The fraction of sp³-hybridized carbons (Fsp3) is 0.545. The van der Waals surface area contributed by atoms with Crippen molar-refractivity contribution in [1.29, 1.82) is 0 Å². The third-order valence-corrected chi connectivity index (χ3v) is 3.15. The minimum Gasteiger partial charge on any atom is -0.348 e. The Hall–Kier alpha value is -1.29. The Morgan fingerprint density at radius 3 is 2.87 bits per heavy atom. The van der Waals surface area contributed by atoms with E-state index >= 15 is 0 Å². The Labute approximate surface area is 89.5 Å². The second-order valence-electron chi connectivity index (χ2n) is 4.20. The van der Waals surface area contributed by atoms with Crippen LogP contribution in [0.1, 0.15) is 19.3 Å². The summed E-state index contributed by atoms with van der Waals surface area (Å²) < 4.78 is 0. The molecule has 0 unspecified atom stereocenters. The molecule has 0 radical (unpaired) electrons. The fourth-order valence-corrected chi connectivity index (χ4v) is 2.09. The Bertz CT molecular complexity index is 328. The Morgan fingerprint density at radius 1 is 1.60 bits per heavy atom. The molecule has 0 saturated heterocycles. The number of aromatic nitrogens is 1. The van der Waals surface area contributed by atoms with Gasteiger partial charge < -0.3 is 15.6 Å². The molecule has 1 heterocycles. The molecule has 0 aromatic carbocycles. The van der Waals surface area contributed by atoms with E-state index in [1.54, 1.807) is 6.20 Å². The van der Waals surface area contributed by atoms with Gasteiger partial charge in [0.15, 0.2) is 0 Å². The molecule has 0 bridgehead atoms. The molecule has 0 aliphatic heterocycles. The highest BCUT2D eigenvalue weighted by Gasteiger charge is 2.43. The van der Waals surface area contributed by atoms with E-state index in [0.29, 0.717) is 0 Å². The second-order valence-corrected chi connectivity index (χ2v) is 4.20. The van der Waals surface area contributed by atoms with Crippen LogP contribution in [0.2, 0.25) is 0 Å². The van der Waals surface area contributed by atoms with E-state index in [0.717, 1.165) is 31.6 Å². The van der Waals surface area contributed by atoms with Gasteiger partial charge in [0.1, 0.15) is 5.82 Å². The van der Waals surface area contributed by atoms with E-state index in [9.17, 15) is 4.79 Å². The Balaban J connectivity index is 2.00. The number of carbonyl (C=O) groups excluding carboxylic acids is 1. The van der Waals surface area contributed by atoms with Gasteiger partial charge in [-0.05, 0) is 32.0 Å². The minimum atomic E-state index is -0.181. The number of anilines is 1. The van der Waals surface area contributed by atoms with Crippen molar-refractivity contribution < 1.29 is 4.79 Å². The van der Waals surface area contributed by atoms with Gasteiger partial charge in [-0.2, -0.15) is 0 Å². The van der Waals surface area contributed by atoms with Crippen LogP contribution in [0.4, 0.5) is 5.82 Å². The average Bonchev–Trinajstić information content (AvgIpc) is 2.63. The zero-order valence-corrected chi connectivity index (χ0v) is 8.97. The second kappa shape index (κ2) is 4.06. The van der Waals surface area contributed by atoms with E-state index in [1.807, 2.05) is 19.2 Å². The molecule has 4 nitrogen and oxygen atoms in total. The van der Waals surface area contributed by atoms with Crippen molar-refractivity contribution in [2.24, 2.45) is 5.41 Å². The molecule has 1 aromatic rings. The molecule has 1 aliphatic rings. The molecule has 1 aromatic heterocycles. The molecule has 1 amide bonds. The van der Waals surface area contributed by atoms with E-state index in [1.165, 1.54) is 0 Å². The van der Waals surface area contributed by atoms with E-state index in [2.05, 4.69) is 15.6 Å². The summed E-state index contributed by atoms with van der Waals surface area (Å²) in [4.78, 5) is 15.0. The number of amides is 1. The van der Waals surface area contributed by atoms with Gasteiger partial charge in [-0.15, -0.1) is 0 Å². The zero-order valence-electron chi connectivity index (χ0n) is 8.97.